The van der Waals surface area contributed by atoms with Crippen LogP contribution in [0, 0.1) is 0 Å². The topological polar surface area (TPSA) is 132 Å². The summed E-state index contributed by atoms with van der Waals surface area (Å²) in [6.07, 6.45) is -5.12. The van der Waals surface area contributed by atoms with Gasteiger partial charge in [-0.15, -0.1) is 0 Å². The van der Waals surface area contributed by atoms with E-state index in [2.05, 4.69) is 0 Å². The number of nitrogens with zero attached hydrogens (tertiary/aromatic N) is 1. The Balaban J connectivity index is 2.06. The van der Waals surface area contributed by atoms with Crippen LogP contribution in [0.25, 0.3) is 10.9 Å². The van der Waals surface area contributed by atoms with Crippen LogP contribution < -0.4 is 0 Å². The summed E-state index contributed by atoms with van der Waals surface area (Å²) in [5.74, 6) is -0.994. The fourth-order valence-electron chi connectivity index (χ4n) is 3.10. The maximum Gasteiger partial charge on any atom is 0.307 e. The fourth-order valence-corrected chi connectivity index (χ4v) is 3.10. The molecule has 0 aliphatic carbocycles. The van der Waals surface area contributed by atoms with Crippen molar-refractivity contribution in [3.05, 3.63) is 36.0 Å². The average Bonchev–Trinajstić information content (AvgIpc) is 2.91. The molecule has 0 radical (unpaired) electrons. The van der Waals surface area contributed by atoms with Gasteiger partial charge in [0.15, 0.2) is 6.23 Å². The minimum Gasteiger partial charge on any atom is -0.481 e. The number of carbonyl (C=O) groups is 1. The number of benzene rings is 1. The molecule has 1 aliphatic rings. The number of aliphatic hydroxyl groups is 4. The fraction of sp³-hybridized carbons (Fsp3) is 0.438. The van der Waals surface area contributed by atoms with Gasteiger partial charge in [0, 0.05) is 11.6 Å². The first-order valence-electron chi connectivity index (χ1n) is 7.54. The summed E-state index contributed by atoms with van der Waals surface area (Å²) in [4.78, 5) is 11.1. The van der Waals surface area contributed by atoms with Gasteiger partial charge in [0.25, 0.3) is 0 Å². The Morgan fingerprint density at radius 2 is 1.83 bits per heavy atom. The van der Waals surface area contributed by atoms with Crippen LogP contribution in [0.2, 0.25) is 0 Å². The van der Waals surface area contributed by atoms with E-state index in [4.69, 9.17) is 9.84 Å². The molecule has 2 heterocycles. The Morgan fingerprint density at radius 1 is 1.12 bits per heavy atom. The lowest BCUT2D eigenvalue weighted by Crippen LogP contribution is -2.56. The van der Waals surface area contributed by atoms with Crippen molar-refractivity contribution >= 4 is 16.9 Å². The van der Waals surface area contributed by atoms with Gasteiger partial charge in [-0.3, -0.25) is 4.79 Å². The van der Waals surface area contributed by atoms with Crippen LogP contribution >= 0.6 is 0 Å². The number of aliphatic hydroxyl groups excluding tert-OH is 4. The van der Waals surface area contributed by atoms with Gasteiger partial charge >= 0.3 is 5.97 Å². The molecule has 0 amide bonds. The highest BCUT2D eigenvalue weighted by Gasteiger charge is 2.44. The number of para-hydroxylation sites is 1. The second kappa shape index (κ2) is 6.50. The minimum atomic E-state index is -1.50. The maximum atomic E-state index is 11.1. The number of ether oxygens (including phenoxy) is 1. The van der Waals surface area contributed by atoms with Crippen molar-refractivity contribution in [2.75, 3.05) is 6.61 Å². The zero-order valence-corrected chi connectivity index (χ0v) is 12.7. The van der Waals surface area contributed by atoms with E-state index in [-0.39, 0.29) is 6.42 Å². The molecule has 130 valence electrons. The highest BCUT2D eigenvalue weighted by Crippen LogP contribution is 2.33. The highest BCUT2D eigenvalue weighted by molar-refractivity contribution is 5.87. The molecular weight excluding hydrogens is 318 g/mol. The molecule has 0 saturated carbocycles. The van der Waals surface area contributed by atoms with Crippen molar-refractivity contribution in [1.82, 2.24) is 4.57 Å². The van der Waals surface area contributed by atoms with Crippen LogP contribution in [0.15, 0.2) is 30.5 Å². The van der Waals surface area contributed by atoms with Crippen molar-refractivity contribution in [1.29, 1.82) is 0 Å². The monoisotopic (exact) mass is 337 g/mol. The van der Waals surface area contributed by atoms with Crippen molar-refractivity contribution < 1.29 is 35.1 Å². The first kappa shape index (κ1) is 16.9. The van der Waals surface area contributed by atoms with Crippen LogP contribution in [-0.2, 0) is 16.0 Å². The molecule has 1 fully saturated rings. The summed E-state index contributed by atoms with van der Waals surface area (Å²) < 4.78 is 7.07. The third kappa shape index (κ3) is 2.79. The number of hydrogen-bond acceptors (Lipinski definition) is 6. The number of aliphatic carboxylic acids is 1. The van der Waals surface area contributed by atoms with Crippen LogP contribution in [0.3, 0.4) is 0 Å². The number of carboxylic acid groups (broad SMARTS) is 1. The maximum absolute atomic E-state index is 11.1. The zero-order valence-electron chi connectivity index (χ0n) is 12.7. The standard InChI is InChI=1S/C16H19NO7/c18-7-11-13(21)14(22)15(23)16(24-11)17-6-8(5-12(19)20)9-3-1-2-4-10(9)17/h1-4,6,11,13-16,18,21-23H,5,7H2,(H,19,20)/t11-,13-,14-,15+,16-/m1/s1. The van der Waals surface area contributed by atoms with E-state index < -0.39 is 43.2 Å². The second-order valence-corrected chi connectivity index (χ2v) is 5.87. The van der Waals surface area contributed by atoms with Crippen molar-refractivity contribution in [2.24, 2.45) is 0 Å². The molecule has 0 bridgehead atoms. The van der Waals surface area contributed by atoms with E-state index in [9.17, 15) is 25.2 Å². The molecule has 3 rings (SSSR count). The van der Waals surface area contributed by atoms with Crippen molar-refractivity contribution in [3.63, 3.8) is 0 Å². The van der Waals surface area contributed by atoms with E-state index in [0.29, 0.717) is 16.5 Å². The van der Waals surface area contributed by atoms with Crippen LogP contribution in [-0.4, -0.2) is 67.1 Å². The molecule has 0 spiro atoms. The van der Waals surface area contributed by atoms with E-state index in [1.807, 2.05) is 0 Å². The molecule has 24 heavy (non-hydrogen) atoms. The van der Waals surface area contributed by atoms with Gasteiger partial charge in [0.2, 0.25) is 0 Å². The Morgan fingerprint density at radius 3 is 2.50 bits per heavy atom. The minimum absolute atomic E-state index is 0.203. The highest BCUT2D eigenvalue weighted by atomic mass is 16.6. The summed E-state index contributed by atoms with van der Waals surface area (Å²) in [5, 5.41) is 49.2. The predicted molar refractivity (Wildman–Crippen MR) is 82.3 cm³/mol. The first-order valence-corrected chi connectivity index (χ1v) is 7.54. The van der Waals surface area contributed by atoms with Gasteiger partial charge in [-0.2, -0.15) is 0 Å². The smallest absolute Gasteiger partial charge is 0.307 e. The number of carboxylic acids is 1. The average molecular weight is 337 g/mol. The molecule has 1 aromatic heterocycles. The van der Waals surface area contributed by atoms with E-state index in [1.165, 1.54) is 4.57 Å². The number of fused-ring (bicyclic) bond motifs is 1. The number of hydrogen-bond donors (Lipinski definition) is 5. The first-order chi connectivity index (χ1) is 11.4. The third-order valence-corrected chi connectivity index (χ3v) is 4.31. The molecule has 5 atom stereocenters. The molecule has 1 aliphatic heterocycles. The Hall–Kier alpha value is -1.97. The van der Waals surface area contributed by atoms with Gasteiger partial charge < -0.3 is 34.8 Å². The normalized spacial score (nSPS) is 30.6. The van der Waals surface area contributed by atoms with Gasteiger partial charge in [0.05, 0.1) is 18.5 Å². The van der Waals surface area contributed by atoms with Crippen LogP contribution in [0.1, 0.15) is 11.8 Å². The SMILES string of the molecule is O=C(O)Cc1cn([C@@H]2O[C@H](CO)[C@@H](O)[C@@H](O)[C@@H]2O)c2ccccc12. The van der Waals surface area contributed by atoms with Gasteiger partial charge in [-0.25, -0.2) is 0 Å². The molecule has 8 nitrogen and oxygen atoms in total. The molecule has 5 N–H and O–H groups in total. The van der Waals surface area contributed by atoms with E-state index in [0.717, 1.165) is 0 Å². The third-order valence-electron chi connectivity index (χ3n) is 4.31. The summed E-state index contributed by atoms with van der Waals surface area (Å²) in [7, 11) is 0. The molecule has 1 aromatic carbocycles. The van der Waals surface area contributed by atoms with E-state index in [1.54, 1.807) is 30.5 Å². The van der Waals surface area contributed by atoms with Gasteiger partial charge in [-0.1, -0.05) is 18.2 Å². The second-order valence-electron chi connectivity index (χ2n) is 5.87. The number of aromatic nitrogens is 1. The molecule has 2 aromatic rings. The molecule has 1 saturated heterocycles. The van der Waals surface area contributed by atoms with Crippen molar-refractivity contribution in [2.45, 2.75) is 37.1 Å². The summed E-state index contributed by atoms with van der Waals surface area (Å²) in [6, 6.07) is 7.02. The van der Waals surface area contributed by atoms with Crippen molar-refractivity contribution in [3.8, 4) is 0 Å². The summed E-state index contributed by atoms with van der Waals surface area (Å²) >= 11 is 0. The lowest BCUT2D eigenvalue weighted by Gasteiger charge is -2.40. The Bertz CT molecular complexity index is 741. The quantitative estimate of drug-likeness (QED) is 0.495. The zero-order chi connectivity index (χ0) is 17.4. The summed E-state index contributed by atoms with van der Waals surface area (Å²) in [5.41, 5.74) is 1.16. The number of rotatable bonds is 4. The van der Waals surface area contributed by atoms with Gasteiger partial charge in [0.1, 0.15) is 24.4 Å². The lowest BCUT2D eigenvalue weighted by molar-refractivity contribution is -0.250. The van der Waals surface area contributed by atoms with E-state index >= 15 is 0 Å². The predicted octanol–water partition coefficient (Wildman–Crippen LogP) is -0.759. The molecule has 8 heteroatoms. The molecule has 0 unspecified atom stereocenters. The van der Waals surface area contributed by atoms with Crippen LogP contribution in [0.5, 0.6) is 0 Å². The summed E-state index contributed by atoms with van der Waals surface area (Å²) in [6.45, 7) is -0.525. The molecular formula is C16H19NO7. The Labute approximate surface area is 137 Å². The largest absolute Gasteiger partial charge is 0.481 e. The lowest BCUT2D eigenvalue weighted by atomic mass is 9.98. The van der Waals surface area contributed by atoms with Crippen LogP contribution in [0.4, 0.5) is 0 Å². The van der Waals surface area contributed by atoms with Gasteiger partial charge in [-0.05, 0) is 11.6 Å². The Kier molecular flexibility index (Phi) is 4.57.